The number of ether oxygens (including phenoxy) is 1. The highest BCUT2D eigenvalue weighted by atomic mass is 16.5. The van der Waals surface area contributed by atoms with Crippen LogP contribution in [0.1, 0.15) is 40.0 Å². The van der Waals surface area contributed by atoms with Crippen molar-refractivity contribution in [1.82, 2.24) is 6.15 Å². The Labute approximate surface area is 87.1 Å². The SMILES string of the molecule is C=CC(=O)OC(CC)C(CC)CC.N. The van der Waals surface area contributed by atoms with E-state index < -0.39 is 0 Å². The van der Waals surface area contributed by atoms with E-state index in [-0.39, 0.29) is 18.2 Å². The molecule has 0 rings (SSSR count). The lowest BCUT2D eigenvalue weighted by atomic mass is 9.95. The van der Waals surface area contributed by atoms with E-state index in [1.807, 2.05) is 6.92 Å². The number of rotatable bonds is 6. The fraction of sp³-hybridized carbons (Fsp3) is 0.727. The van der Waals surface area contributed by atoms with Crippen LogP contribution in [0.25, 0.3) is 0 Å². The quantitative estimate of drug-likeness (QED) is 0.530. The van der Waals surface area contributed by atoms with E-state index in [0.717, 1.165) is 19.3 Å². The summed E-state index contributed by atoms with van der Waals surface area (Å²) in [6.07, 6.45) is 4.27. The van der Waals surface area contributed by atoms with Gasteiger partial charge in [0.1, 0.15) is 6.10 Å². The minimum Gasteiger partial charge on any atom is -0.459 e. The predicted octanol–water partition coefficient (Wildman–Crippen LogP) is 3.09. The summed E-state index contributed by atoms with van der Waals surface area (Å²) in [5.74, 6) is 0.174. The second-order valence-electron chi connectivity index (χ2n) is 3.16. The van der Waals surface area contributed by atoms with Crippen molar-refractivity contribution in [2.24, 2.45) is 5.92 Å². The molecule has 0 heterocycles. The van der Waals surface area contributed by atoms with E-state index in [1.54, 1.807) is 0 Å². The normalized spacial score (nSPS) is 11.7. The van der Waals surface area contributed by atoms with Gasteiger partial charge in [-0.25, -0.2) is 4.79 Å². The Hall–Kier alpha value is -0.830. The van der Waals surface area contributed by atoms with Crippen molar-refractivity contribution < 1.29 is 9.53 Å². The molecule has 0 aromatic rings. The Bertz CT molecular complexity index is 165. The average molecular weight is 201 g/mol. The lowest BCUT2D eigenvalue weighted by Gasteiger charge is -2.23. The van der Waals surface area contributed by atoms with Crippen LogP contribution in [0.5, 0.6) is 0 Å². The zero-order chi connectivity index (χ0) is 10.3. The van der Waals surface area contributed by atoms with Crippen molar-refractivity contribution in [3.05, 3.63) is 12.7 Å². The molecule has 3 nitrogen and oxygen atoms in total. The van der Waals surface area contributed by atoms with Gasteiger partial charge in [0.15, 0.2) is 0 Å². The minimum absolute atomic E-state index is 0. The van der Waals surface area contributed by atoms with Gasteiger partial charge >= 0.3 is 5.97 Å². The van der Waals surface area contributed by atoms with E-state index >= 15 is 0 Å². The molecule has 1 unspecified atom stereocenters. The van der Waals surface area contributed by atoms with Crippen molar-refractivity contribution in [2.45, 2.75) is 46.1 Å². The lowest BCUT2D eigenvalue weighted by Crippen LogP contribution is -2.24. The van der Waals surface area contributed by atoms with Crippen LogP contribution in [0.15, 0.2) is 12.7 Å². The molecule has 1 atom stereocenters. The number of carbonyl (C=O) groups is 1. The predicted molar refractivity (Wildman–Crippen MR) is 59.5 cm³/mol. The molecule has 3 heteroatoms. The van der Waals surface area contributed by atoms with E-state index in [2.05, 4.69) is 20.4 Å². The Morgan fingerprint density at radius 3 is 2.07 bits per heavy atom. The number of hydrogen-bond acceptors (Lipinski definition) is 3. The molecule has 0 amide bonds. The van der Waals surface area contributed by atoms with Crippen LogP contribution >= 0.6 is 0 Å². The molecule has 0 radical (unpaired) electrons. The van der Waals surface area contributed by atoms with Gasteiger partial charge in [0.2, 0.25) is 0 Å². The third-order valence-corrected chi connectivity index (χ3v) is 2.41. The second-order valence-corrected chi connectivity index (χ2v) is 3.16. The Morgan fingerprint density at radius 1 is 1.29 bits per heavy atom. The highest BCUT2D eigenvalue weighted by Gasteiger charge is 2.19. The molecule has 0 aromatic carbocycles. The zero-order valence-electron chi connectivity index (χ0n) is 9.58. The van der Waals surface area contributed by atoms with E-state index in [0.29, 0.717) is 5.92 Å². The van der Waals surface area contributed by atoms with E-state index in [4.69, 9.17) is 4.74 Å². The van der Waals surface area contributed by atoms with Crippen molar-refractivity contribution in [3.63, 3.8) is 0 Å². The van der Waals surface area contributed by atoms with E-state index in [1.165, 1.54) is 6.08 Å². The first-order chi connectivity index (χ1) is 6.19. The summed E-state index contributed by atoms with van der Waals surface area (Å²) < 4.78 is 5.24. The summed E-state index contributed by atoms with van der Waals surface area (Å²) >= 11 is 0. The molecule has 0 spiro atoms. The highest BCUT2D eigenvalue weighted by Crippen LogP contribution is 2.19. The van der Waals surface area contributed by atoms with Gasteiger partial charge in [-0.05, 0) is 25.2 Å². The third kappa shape index (κ3) is 5.02. The molecule has 0 saturated heterocycles. The fourth-order valence-corrected chi connectivity index (χ4v) is 1.52. The van der Waals surface area contributed by atoms with Crippen LogP contribution < -0.4 is 6.15 Å². The molecule has 0 saturated carbocycles. The maximum Gasteiger partial charge on any atom is 0.330 e. The first-order valence-corrected chi connectivity index (χ1v) is 5.02. The Balaban J connectivity index is 0. The smallest absolute Gasteiger partial charge is 0.330 e. The molecule has 0 aliphatic rings. The molecule has 0 bridgehead atoms. The second kappa shape index (κ2) is 8.75. The minimum atomic E-state index is -0.307. The number of carbonyl (C=O) groups excluding carboxylic acids is 1. The van der Waals surface area contributed by atoms with Crippen LogP contribution in [0.4, 0.5) is 0 Å². The van der Waals surface area contributed by atoms with Gasteiger partial charge in [-0.3, -0.25) is 0 Å². The largest absolute Gasteiger partial charge is 0.459 e. The topological polar surface area (TPSA) is 61.3 Å². The monoisotopic (exact) mass is 201 g/mol. The molecule has 3 N–H and O–H groups in total. The van der Waals surface area contributed by atoms with Crippen molar-refractivity contribution in [1.29, 1.82) is 0 Å². The third-order valence-electron chi connectivity index (χ3n) is 2.41. The van der Waals surface area contributed by atoms with Crippen molar-refractivity contribution >= 4 is 5.97 Å². The summed E-state index contributed by atoms with van der Waals surface area (Å²) in [7, 11) is 0. The Morgan fingerprint density at radius 2 is 1.79 bits per heavy atom. The standard InChI is InChI=1S/C11H20O2.H3N/c1-5-9(6-2)10(7-3)13-11(12)8-4;/h8-10H,4-7H2,1-3H3;1H3. The summed E-state index contributed by atoms with van der Waals surface area (Å²) in [5.41, 5.74) is 0. The maximum atomic E-state index is 11.0. The van der Waals surface area contributed by atoms with Crippen LogP contribution in [-0.4, -0.2) is 12.1 Å². The van der Waals surface area contributed by atoms with Gasteiger partial charge < -0.3 is 10.9 Å². The van der Waals surface area contributed by atoms with Crippen LogP contribution in [0.2, 0.25) is 0 Å². The number of hydrogen-bond donors (Lipinski definition) is 1. The van der Waals surface area contributed by atoms with Crippen LogP contribution in [0.3, 0.4) is 0 Å². The molecule has 0 aliphatic heterocycles. The summed E-state index contributed by atoms with van der Waals surface area (Å²) in [4.78, 5) is 11.0. The molecule has 0 fully saturated rings. The lowest BCUT2D eigenvalue weighted by molar-refractivity contribution is -0.146. The molecule has 84 valence electrons. The van der Waals surface area contributed by atoms with Crippen molar-refractivity contribution in [2.75, 3.05) is 0 Å². The van der Waals surface area contributed by atoms with Crippen LogP contribution in [0, 0.1) is 5.92 Å². The summed E-state index contributed by atoms with van der Waals surface area (Å²) in [6.45, 7) is 9.67. The Kier molecular flexibility index (Phi) is 9.78. The number of esters is 1. The van der Waals surface area contributed by atoms with Gasteiger partial charge in [-0.15, -0.1) is 0 Å². The van der Waals surface area contributed by atoms with Crippen LogP contribution in [-0.2, 0) is 9.53 Å². The summed E-state index contributed by atoms with van der Waals surface area (Å²) in [6, 6.07) is 0. The van der Waals surface area contributed by atoms with E-state index in [9.17, 15) is 4.79 Å². The maximum absolute atomic E-state index is 11.0. The summed E-state index contributed by atoms with van der Waals surface area (Å²) in [5, 5.41) is 0. The molecular weight excluding hydrogens is 178 g/mol. The molecule has 14 heavy (non-hydrogen) atoms. The first kappa shape index (κ1) is 15.6. The zero-order valence-corrected chi connectivity index (χ0v) is 9.58. The average Bonchev–Trinajstić information content (AvgIpc) is 2.17. The molecule has 0 aromatic heterocycles. The highest BCUT2D eigenvalue weighted by molar-refractivity contribution is 5.81. The van der Waals surface area contributed by atoms with Gasteiger partial charge in [-0.2, -0.15) is 0 Å². The molecule has 0 aliphatic carbocycles. The van der Waals surface area contributed by atoms with Gasteiger partial charge in [0.25, 0.3) is 0 Å². The fourth-order valence-electron chi connectivity index (χ4n) is 1.52. The van der Waals surface area contributed by atoms with Gasteiger partial charge in [0.05, 0.1) is 0 Å². The van der Waals surface area contributed by atoms with Crippen molar-refractivity contribution in [3.8, 4) is 0 Å². The first-order valence-electron chi connectivity index (χ1n) is 5.02. The van der Waals surface area contributed by atoms with Gasteiger partial charge in [-0.1, -0.05) is 27.4 Å². The molecular formula is C11H23NO2. The van der Waals surface area contributed by atoms with Gasteiger partial charge in [0, 0.05) is 6.08 Å².